The van der Waals surface area contributed by atoms with Gasteiger partial charge in [0, 0.05) is 26.3 Å². The Labute approximate surface area is 183 Å². The highest BCUT2D eigenvalue weighted by molar-refractivity contribution is 9.10. The van der Waals surface area contributed by atoms with Crippen molar-refractivity contribution in [3.05, 3.63) is 94.5 Å². The quantitative estimate of drug-likeness (QED) is 0.290. The molecule has 0 atom stereocenters. The van der Waals surface area contributed by atoms with E-state index in [4.69, 9.17) is 4.42 Å². The SMILES string of the molecule is CC1(C)c2ccccc2-c2cc(Br)cc(Nc3cccc4c3oc3ccccc34)c21. The molecular formula is C27H20BrNO. The predicted molar refractivity (Wildman–Crippen MR) is 129 cm³/mol. The summed E-state index contributed by atoms with van der Waals surface area (Å²) in [5.41, 5.74) is 9.08. The Kier molecular flexibility index (Phi) is 3.69. The molecule has 1 aliphatic rings. The summed E-state index contributed by atoms with van der Waals surface area (Å²) in [5, 5.41) is 5.99. The highest BCUT2D eigenvalue weighted by Gasteiger charge is 2.37. The summed E-state index contributed by atoms with van der Waals surface area (Å²) in [4.78, 5) is 0. The first-order valence-corrected chi connectivity index (χ1v) is 10.9. The van der Waals surface area contributed by atoms with Crippen LogP contribution in [0.15, 0.2) is 87.8 Å². The second kappa shape index (κ2) is 6.23. The number of furan rings is 1. The maximum atomic E-state index is 6.24. The topological polar surface area (TPSA) is 25.2 Å². The van der Waals surface area contributed by atoms with E-state index in [1.54, 1.807) is 0 Å². The number of anilines is 2. The van der Waals surface area contributed by atoms with Gasteiger partial charge in [-0.2, -0.15) is 0 Å². The van der Waals surface area contributed by atoms with Gasteiger partial charge < -0.3 is 9.73 Å². The summed E-state index contributed by atoms with van der Waals surface area (Å²) >= 11 is 3.73. The Balaban J connectivity index is 1.57. The molecular weight excluding hydrogens is 434 g/mol. The standard InChI is InChI=1S/C27H20BrNO/c1-27(2)21-11-5-3-8-17(21)20-14-16(28)15-23(25(20)27)29-22-12-7-10-19-18-9-4-6-13-24(18)30-26(19)22/h3-15,29H,1-2H3. The number of rotatable bonds is 2. The van der Waals surface area contributed by atoms with E-state index < -0.39 is 0 Å². The lowest BCUT2D eigenvalue weighted by Crippen LogP contribution is -2.16. The zero-order valence-corrected chi connectivity index (χ0v) is 18.4. The zero-order chi connectivity index (χ0) is 20.5. The van der Waals surface area contributed by atoms with Crippen molar-refractivity contribution in [3.63, 3.8) is 0 Å². The summed E-state index contributed by atoms with van der Waals surface area (Å²) in [7, 11) is 0. The van der Waals surface area contributed by atoms with Crippen LogP contribution in [0, 0.1) is 0 Å². The van der Waals surface area contributed by atoms with E-state index >= 15 is 0 Å². The van der Waals surface area contributed by atoms with Crippen LogP contribution in [0.1, 0.15) is 25.0 Å². The number of halogens is 1. The smallest absolute Gasteiger partial charge is 0.158 e. The van der Waals surface area contributed by atoms with Gasteiger partial charge in [0.25, 0.3) is 0 Å². The Bertz CT molecular complexity index is 1460. The molecule has 0 saturated carbocycles. The van der Waals surface area contributed by atoms with Crippen LogP contribution in [0.5, 0.6) is 0 Å². The van der Waals surface area contributed by atoms with E-state index in [2.05, 4.69) is 102 Å². The van der Waals surface area contributed by atoms with Crippen LogP contribution in [-0.2, 0) is 5.41 Å². The van der Waals surface area contributed by atoms with Gasteiger partial charge in [-0.25, -0.2) is 0 Å². The molecule has 146 valence electrons. The molecule has 0 saturated heterocycles. The minimum absolute atomic E-state index is 0.0866. The second-order valence-electron chi connectivity index (χ2n) is 8.45. The van der Waals surface area contributed by atoms with E-state index in [-0.39, 0.29) is 5.41 Å². The van der Waals surface area contributed by atoms with Crippen molar-refractivity contribution < 1.29 is 4.42 Å². The third-order valence-electron chi connectivity index (χ3n) is 6.29. The highest BCUT2D eigenvalue weighted by atomic mass is 79.9. The molecule has 0 amide bonds. The molecule has 1 N–H and O–H groups in total. The molecule has 1 aromatic heterocycles. The van der Waals surface area contributed by atoms with Crippen molar-refractivity contribution in [2.24, 2.45) is 0 Å². The molecule has 1 aliphatic carbocycles. The molecule has 6 rings (SSSR count). The number of hydrogen-bond donors (Lipinski definition) is 1. The first-order valence-electron chi connectivity index (χ1n) is 10.2. The summed E-state index contributed by atoms with van der Waals surface area (Å²) in [6.45, 7) is 4.61. The van der Waals surface area contributed by atoms with Crippen molar-refractivity contribution >= 4 is 49.2 Å². The van der Waals surface area contributed by atoms with Gasteiger partial charge in [0.15, 0.2) is 5.58 Å². The van der Waals surface area contributed by atoms with Crippen LogP contribution >= 0.6 is 15.9 Å². The van der Waals surface area contributed by atoms with Gasteiger partial charge in [0.2, 0.25) is 0 Å². The minimum Gasteiger partial charge on any atom is -0.454 e. The van der Waals surface area contributed by atoms with Crippen LogP contribution in [-0.4, -0.2) is 0 Å². The van der Waals surface area contributed by atoms with Crippen molar-refractivity contribution in [1.29, 1.82) is 0 Å². The maximum absolute atomic E-state index is 6.24. The Morgan fingerprint density at radius 3 is 2.43 bits per heavy atom. The normalized spacial score (nSPS) is 14.1. The van der Waals surface area contributed by atoms with Crippen LogP contribution in [0.4, 0.5) is 11.4 Å². The zero-order valence-electron chi connectivity index (χ0n) is 16.8. The Hall–Kier alpha value is -3.04. The van der Waals surface area contributed by atoms with Crippen LogP contribution in [0.2, 0.25) is 0 Å². The molecule has 5 aromatic rings. The van der Waals surface area contributed by atoms with Gasteiger partial charge in [0.1, 0.15) is 5.58 Å². The fourth-order valence-electron chi connectivity index (χ4n) is 4.98. The number of fused-ring (bicyclic) bond motifs is 6. The van der Waals surface area contributed by atoms with E-state index in [9.17, 15) is 0 Å². The largest absolute Gasteiger partial charge is 0.454 e. The van der Waals surface area contributed by atoms with E-state index in [1.807, 2.05) is 12.1 Å². The molecule has 30 heavy (non-hydrogen) atoms. The van der Waals surface area contributed by atoms with Crippen molar-refractivity contribution in [3.8, 4) is 11.1 Å². The molecule has 0 aliphatic heterocycles. The van der Waals surface area contributed by atoms with Gasteiger partial charge in [-0.1, -0.05) is 84.4 Å². The lowest BCUT2D eigenvalue weighted by atomic mass is 9.81. The molecule has 0 unspecified atom stereocenters. The number of nitrogens with one attached hydrogen (secondary N) is 1. The summed E-state index contributed by atoms with van der Waals surface area (Å²) in [5.74, 6) is 0. The average molecular weight is 454 g/mol. The van der Waals surface area contributed by atoms with Gasteiger partial charge in [0.05, 0.1) is 5.69 Å². The van der Waals surface area contributed by atoms with Crippen molar-refractivity contribution in [2.45, 2.75) is 19.3 Å². The van der Waals surface area contributed by atoms with Crippen LogP contribution < -0.4 is 5.32 Å². The van der Waals surface area contributed by atoms with Gasteiger partial charge >= 0.3 is 0 Å². The summed E-state index contributed by atoms with van der Waals surface area (Å²) in [6.07, 6.45) is 0. The van der Waals surface area contributed by atoms with E-state index in [1.165, 1.54) is 22.3 Å². The van der Waals surface area contributed by atoms with Crippen molar-refractivity contribution in [1.82, 2.24) is 0 Å². The third kappa shape index (κ3) is 2.42. The Morgan fingerprint density at radius 2 is 1.53 bits per heavy atom. The monoisotopic (exact) mass is 453 g/mol. The van der Waals surface area contributed by atoms with E-state index in [0.29, 0.717) is 0 Å². The van der Waals surface area contributed by atoms with Gasteiger partial charge in [-0.05, 0) is 46.5 Å². The fraction of sp³-hybridized carbons (Fsp3) is 0.111. The van der Waals surface area contributed by atoms with Gasteiger partial charge in [-0.15, -0.1) is 0 Å². The predicted octanol–water partition coefficient (Wildman–Crippen LogP) is 8.40. The van der Waals surface area contributed by atoms with E-state index in [0.717, 1.165) is 37.8 Å². The maximum Gasteiger partial charge on any atom is 0.158 e. The molecule has 0 spiro atoms. The highest BCUT2D eigenvalue weighted by Crippen LogP contribution is 2.53. The summed E-state index contributed by atoms with van der Waals surface area (Å²) < 4.78 is 7.31. The van der Waals surface area contributed by atoms with Gasteiger partial charge in [-0.3, -0.25) is 0 Å². The second-order valence-corrected chi connectivity index (χ2v) is 9.37. The third-order valence-corrected chi connectivity index (χ3v) is 6.75. The molecule has 0 bridgehead atoms. The first-order chi connectivity index (χ1) is 14.5. The molecule has 4 aromatic carbocycles. The lowest BCUT2D eigenvalue weighted by Gasteiger charge is -2.25. The molecule has 3 heteroatoms. The van der Waals surface area contributed by atoms with Crippen LogP contribution in [0.3, 0.4) is 0 Å². The number of benzene rings is 4. The average Bonchev–Trinajstić information content (AvgIpc) is 3.23. The minimum atomic E-state index is -0.0866. The Morgan fingerprint density at radius 1 is 0.767 bits per heavy atom. The molecule has 0 fully saturated rings. The number of hydrogen-bond acceptors (Lipinski definition) is 2. The number of para-hydroxylation sites is 2. The lowest BCUT2D eigenvalue weighted by molar-refractivity contribution is 0.661. The summed E-state index contributed by atoms with van der Waals surface area (Å²) in [6, 6.07) is 27.6. The molecule has 2 nitrogen and oxygen atoms in total. The van der Waals surface area contributed by atoms with Crippen molar-refractivity contribution in [2.75, 3.05) is 5.32 Å². The fourth-order valence-corrected chi connectivity index (χ4v) is 5.44. The van der Waals surface area contributed by atoms with Crippen LogP contribution in [0.25, 0.3) is 33.1 Å². The first kappa shape index (κ1) is 17.8. The molecule has 1 heterocycles. The molecule has 0 radical (unpaired) electrons.